The van der Waals surface area contributed by atoms with Gasteiger partial charge in [0.25, 0.3) is 5.56 Å². The van der Waals surface area contributed by atoms with Gasteiger partial charge in [0.15, 0.2) is 5.16 Å². The molecule has 1 aliphatic rings. The first-order valence-electron chi connectivity index (χ1n) is 7.68. The van der Waals surface area contributed by atoms with Crippen molar-refractivity contribution >= 4 is 39.2 Å². The van der Waals surface area contributed by atoms with E-state index in [0.717, 1.165) is 19.4 Å². The minimum atomic E-state index is -0.0622. The van der Waals surface area contributed by atoms with Gasteiger partial charge in [-0.25, -0.2) is 4.98 Å². The van der Waals surface area contributed by atoms with Crippen LogP contribution < -0.4 is 10.9 Å². The SMILES string of the molecule is CCn1c(SCC(=O)NC[C@@H]2CCCO2)nc2ccsc2c1=O. The third-order valence-corrected chi connectivity index (χ3v) is 5.60. The van der Waals surface area contributed by atoms with Crippen molar-refractivity contribution < 1.29 is 9.53 Å². The second-order valence-electron chi connectivity index (χ2n) is 5.31. The highest BCUT2D eigenvalue weighted by atomic mass is 32.2. The van der Waals surface area contributed by atoms with E-state index in [-0.39, 0.29) is 23.3 Å². The van der Waals surface area contributed by atoms with E-state index >= 15 is 0 Å². The first-order chi connectivity index (χ1) is 11.2. The summed E-state index contributed by atoms with van der Waals surface area (Å²) in [7, 11) is 0. The molecular formula is C15H19N3O3S2. The molecule has 2 aromatic rings. The molecule has 1 atom stereocenters. The molecule has 0 radical (unpaired) electrons. The molecule has 8 heteroatoms. The first kappa shape index (κ1) is 16.5. The van der Waals surface area contributed by atoms with Gasteiger partial charge in [0, 0.05) is 19.7 Å². The average molecular weight is 353 g/mol. The van der Waals surface area contributed by atoms with Gasteiger partial charge in [-0.15, -0.1) is 11.3 Å². The van der Waals surface area contributed by atoms with Gasteiger partial charge in [-0.05, 0) is 31.2 Å². The topological polar surface area (TPSA) is 73.2 Å². The number of nitrogens with zero attached hydrogens (tertiary/aromatic N) is 2. The highest BCUT2D eigenvalue weighted by Gasteiger charge is 2.17. The van der Waals surface area contributed by atoms with E-state index < -0.39 is 0 Å². The third kappa shape index (κ3) is 3.76. The molecular weight excluding hydrogens is 334 g/mol. The minimum absolute atomic E-state index is 0.0326. The molecule has 1 saturated heterocycles. The summed E-state index contributed by atoms with van der Waals surface area (Å²) in [6.45, 7) is 3.78. The summed E-state index contributed by atoms with van der Waals surface area (Å²) >= 11 is 2.70. The van der Waals surface area contributed by atoms with Crippen molar-refractivity contribution in [2.75, 3.05) is 18.9 Å². The van der Waals surface area contributed by atoms with Crippen LogP contribution in [0.2, 0.25) is 0 Å². The average Bonchev–Trinajstić information content (AvgIpc) is 3.22. The zero-order chi connectivity index (χ0) is 16.2. The van der Waals surface area contributed by atoms with Crippen molar-refractivity contribution in [3.63, 3.8) is 0 Å². The Morgan fingerprint density at radius 1 is 1.61 bits per heavy atom. The van der Waals surface area contributed by atoms with E-state index in [1.807, 2.05) is 18.4 Å². The maximum atomic E-state index is 12.4. The Kier molecular flexibility index (Phi) is 5.34. The van der Waals surface area contributed by atoms with Crippen LogP contribution in [0.3, 0.4) is 0 Å². The lowest BCUT2D eigenvalue weighted by Gasteiger charge is -2.12. The summed E-state index contributed by atoms with van der Waals surface area (Å²) < 4.78 is 7.77. The van der Waals surface area contributed by atoms with Crippen molar-refractivity contribution in [1.82, 2.24) is 14.9 Å². The zero-order valence-corrected chi connectivity index (χ0v) is 14.5. The van der Waals surface area contributed by atoms with Gasteiger partial charge in [-0.1, -0.05) is 11.8 Å². The number of hydrogen-bond acceptors (Lipinski definition) is 6. The van der Waals surface area contributed by atoms with E-state index in [1.165, 1.54) is 23.1 Å². The highest BCUT2D eigenvalue weighted by Crippen LogP contribution is 2.20. The van der Waals surface area contributed by atoms with Crippen LogP contribution in [0.25, 0.3) is 10.2 Å². The summed E-state index contributed by atoms with van der Waals surface area (Å²) in [5.74, 6) is 0.183. The number of fused-ring (bicyclic) bond motifs is 1. The Hall–Kier alpha value is -1.38. The number of ether oxygens (including phenoxy) is 1. The van der Waals surface area contributed by atoms with Crippen molar-refractivity contribution in [3.8, 4) is 0 Å². The van der Waals surface area contributed by atoms with Crippen molar-refractivity contribution in [1.29, 1.82) is 0 Å². The molecule has 124 valence electrons. The molecule has 1 fully saturated rings. The smallest absolute Gasteiger partial charge is 0.272 e. The molecule has 0 bridgehead atoms. The Balaban J connectivity index is 1.64. The first-order valence-corrected chi connectivity index (χ1v) is 9.54. The number of rotatable bonds is 6. The minimum Gasteiger partial charge on any atom is -0.376 e. The molecule has 0 aromatic carbocycles. The standard InChI is InChI=1S/C15H19N3O3S2/c1-2-18-14(20)13-11(5-7-22-13)17-15(18)23-9-12(19)16-8-10-4-3-6-21-10/h5,7,10H,2-4,6,8-9H2,1H3,(H,16,19)/t10-/m0/s1. The van der Waals surface area contributed by atoms with E-state index in [4.69, 9.17) is 4.74 Å². The maximum Gasteiger partial charge on any atom is 0.272 e. The quantitative estimate of drug-likeness (QED) is 0.634. The molecule has 1 aliphatic heterocycles. The number of amides is 1. The summed E-state index contributed by atoms with van der Waals surface area (Å²) in [4.78, 5) is 28.9. The number of carbonyl (C=O) groups is 1. The van der Waals surface area contributed by atoms with Crippen molar-refractivity contribution in [2.45, 2.75) is 37.6 Å². The Morgan fingerprint density at radius 3 is 3.22 bits per heavy atom. The molecule has 23 heavy (non-hydrogen) atoms. The number of aromatic nitrogens is 2. The molecule has 6 nitrogen and oxygen atoms in total. The Morgan fingerprint density at radius 2 is 2.48 bits per heavy atom. The van der Waals surface area contributed by atoms with E-state index in [1.54, 1.807) is 4.57 Å². The molecule has 2 aromatic heterocycles. The van der Waals surface area contributed by atoms with Gasteiger partial charge in [-0.2, -0.15) is 0 Å². The Labute approximate surface area is 142 Å². The van der Waals surface area contributed by atoms with Crippen molar-refractivity contribution in [2.24, 2.45) is 0 Å². The third-order valence-electron chi connectivity index (χ3n) is 3.73. The predicted molar refractivity (Wildman–Crippen MR) is 92.3 cm³/mol. The largest absolute Gasteiger partial charge is 0.376 e. The summed E-state index contributed by atoms with van der Waals surface area (Å²) in [5, 5.41) is 5.34. The molecule has 0 spiro atoms. The molecule has 0 aliphatic carbocycles. The lowest BCUT2D eigenvalue weighted by Crippen LogP contribution is -2.33. The molecule has 0 unspecified atom stereocenters. The van der Waals surface area contributed by atoms with Gasteiger partial charge >= 0.3 is 0 Å². The predicted octanol–water partition coefficient (Wildman–Crippen LogP) is 1.87. The van der Waals surface area contributed by atoms with E-state index in [2.05, 4.69) is 10.3 Å². The maximum absolute atomic E-state index is 12.4. The van der Waals surface area contributed by atoms with Gasteiger partial charge in [0.1, 0.15) is 4.70 Å². The van der Waals surface area contributed by atoms with Crippen LogP contribution in [0.4, 0.5) is 0 Å². The molecule has 1 amide bonds. The van der Waals surface area contributed by atoms with Gasteiger partial charge in [0.05, 0.1) is 17.4 Å². The van der Waals surface area contributed by atoms with Gasteiger partial charge in [0.2, 0.25) is 5.91 Å². The van der Waals surface area contributed by atoms with Crippen LogP contribution in [0.1, 0.15) is 19.8 Å². The Bertz CT molecular complexity index is 750. The number of thiophene rings is 1. The van der Waals surface area contributed by atoms with Crippen LogP contribution >= 0.6 is 23.1 Å². The number of hydrogen-bond donors (Lipinski definition) is 1. The molecule has 3 heterocycles. The number of carbonyl (C=O) groups excluding carboxylic acids is 1. The molecule has 3 rings (SSSR count). The normalized spacial score (nSPS) is 17.7. The van der Waals surface area contributed by atoms with Crippen molar-refractivity contribution in [3.05, 3.63) is 21.8 Å². The molecule has 1 N–H and O–H groups in total. The fraction of sp³-hybridized carbons (Fsp3) is 0.533. The second kappa shape index (κ2) is 7.46. The van der Waals surface area contributed by atoms with E-state index in [9.17, 15) is 9.59 Å². The lowest BCUT2D eigenvalue weighted by atomic mass is 10.2. The van der Waals surface area contributed by atoms with Crippen LogP contribution in [0.5, 0.6) is 0 Å². The van der Waals surface area contributed by atoms with Crippen LogP contribution in [0.15, 0.2) is 21.4 Å². The summed E-state index contributed by atoms with van der Waals surface area (Å²) in [6, 6.07) is 1.84. The lowest BCUT2D eigenvalue weighted by molar-refractivity contribution is -0.119. The summed E-state index contributed by atoms with van der Waals surface area (Å²) in [6.07, 6.45) is 2.19. The second-order valence-corrected chi connectivity index (χ2v) is 7.17. The van der Waals surface area contributed by atoms with Gasteiger partial charge < -0.3 is 10.1 Å². The zero-order valence-electron chi connectivity index (χ0n) is 12.9. The summed E-state index contributed by atoms with van der Waals surface area (Å²) in [5.41, 5.74) is 0.668. The fourth-order valence-electron chi connectivity index (χ4n) is 2.53. The monoisotopic (exact) mass is 353 g/mol. The fourth-order valence-corrected chi connectivity index (χ4v) is 4.20. The van der Waals surface area contributed by atoms with Crippen LogP contribution in [0, 0.1) is 0 Å². The number of nitrogens with one attached hydrogen (secondary N) is 1. The van der Waals surface area contributed by atoms with Crippen LogP contribution in [-0.4, -0.2) is 40.5 Å². The number of thioether (sulfide) groups is 1. The van der Waals surface area contributed by atoms with Gasteiger partial charge in [-0.3, -0.25) is 14.2 Å². The highest BCUT2D eigenvalue weighted by molar-refractivity contribution is 7.99. The van der Waals surface area contributed by atoms with E-state index in [0.29, 0.717) is 28.5 Å². The van der Waals surface area contributed by atoms with Crippen LogP contribution in [-0.2, 0) is 16.1 Å². The molecule has 0 saturated carbocycles.